The zero-order valence-electron chi connectivity index (χ0n) is 34.3. The lowest BCUT2D eigenvalue weighted by Crippen LogP contribution is -2.54. The van der Waals surface area contributed by atoms with Crippen LogP contribution in [0.5, 0.6) is 17.2 Å². The topological polar surface area (TPSA) is 210 Å². The molecule has 4 heterocycles. The molecule has 18 heteroatoms. The van der Waals surface area contributed by atoms with E-state index in [1.807, 2.05) is 31.1 Å². The number of anilines is 1. The van der Waals surface area contributed by atoms with E-state index in [9.17, 15) is 38.7 Å². The highest BCUT2D eigenvalue weighted by Gasteiger charge is 2.46. The first kappa shape index (κ1) is 42.8. The van der Waals surface area contributed by atoms with Gasteiger partial charge in [-0.05, 0) is 75.7 Å². The predicted molar refractivity (Wildman–Crippen MR) is 218 cm³/mol. The molecule has 6 rings (SSSR count). The minimum atomic E-state index is -1.42. The molecule has 1 saturated heterocycles. The lowest BCUT2D eigenvalue weighted by atomic mass is 9.99. The number of likely N-dealkylation sites (N-methyl/N-ethyl adjacent to an activating group) is 1. The molecule has 0 radical (unpaired) electrons. The van der Waals surface area contributed by atoms with Gasteiger partial charge in [-0.25, -0.2) is 14.7 Å². The maximum atomic E-state index is 13.4. The smallest absolute Gasteiger partial charge is 0.414 e. The van der Waals surface area contributed by atoms with Crippen LogP contribution in [0.2, 0.25) is 0 Å². The van der Waals surface area contributed by atoms with Crippen molar-refractivity contribution in [1.82, 2.24) is 29.6 Å². The molecule has 0 aliphatic carbocycles. The number of piperidine rings is 1. The maximum absolute atomic E-state index is 13.4. The molecular formula is C42H47N7O11. The van der Waals surface area contributed by atoms with Crippen molar-refractivity contribution in [2.75, 3.05) is 60.0 Å². The largest absolute Gasteiger partial charge is 0.496 e. The number of unbranched alkanes of at least 4 members (excludes halogenated alkanes) is 2. The molecule has 2 aromatic heterocycles. The van der Waals surface area contributed by atoms with E-state index >= 15 is 0 Å². The molecule has 2 aliphatic rings. The second-order valence-electron chi connectivity index (χ2n) is 14.9. The molecule has 1 unspecified atom stereocenters. The van der Waals surface area contributed by atoms with Gasteiger partial charge in [0.1, 0.15) is 29.1 Å². The minimum absolute atomic E-state index is 0.00143. The van der Waals surface area contributed by atoms with Crippen LogP contribution in [-0.4, -0.2) is 126 Å². The Morgan fingerprint density at radius 2 is 1.63 bits per heavy atom. The fourth-order valence-corrected chi connectivity index (χ4v) is 7.43. The third kappa shape index (κ3) is 8.63. The first-order valence-corrected chi connectivity index (χ1v) is 19.3. The van der Waals surface area contributed by atoms with Gasteiger partial charge < -0.3 is 33.7 Å². The molecule has 2 N–H and O–H groups in total. The van der Waals surface area contributed by atoms with Crippen LogP contribution in [-0.2, 0) is 28.0 Å². The molecule has 0 spiro atoms. The Morgan fingerprint density at radius 1 is 0.917 bits per heavy atom. The van der Waals surface area contributed by atoms with E-state index < -0.39 is 41.7 Å². The first-order valence-electron chi connectivity index (χ1n) is 19.3. The van der Waals surface area contributed by atoms with Crippen LogP contribution in [0.15, 0.2) is 53.6 Å². The second-order valence-corrected chi connectivity index (χ2v) is 14.9. The zero-order chi connectivity index (χ0) is 43.4. The van der Waals surface area contributed by atoms with Gasteiger partial charge >= 0.3 is 6.09 Å². The summed E-state index contributed by atoms with van der Waals surface area (Å²) in [6.07, 6.45) is 3.10. The number of amides is 6. The molecule has 2 aromatic carbocycles. The summed E-state index contributed by atoms with van der Waals surface area (Å²) in [5.74, 6) is -1.51. The number of hydrogen-bond acceptors (Lipinski definition) is 13. The van der Waals surface area contributed by atoms with E-state index in [4.69, 9.17) is 14.2 Å². The quantitative estimate of drug-likeness (QED) is 0.123. The van der Waals surface area contributed by atoms with Gasteiger partial charge in [-0.1, -0.05) is 6.07 Å². The van der Waals surface area contributed by atoms with Crippen molar-refractivity contribution in [2.45, 2.75) is 44.7 Å². The van der Waals surface area contributed by atoms with Crippen LogP contribution in [0.3, 0.4) is 0 Å². The number of methoxy groups -OCH3 is 2. The highest BCUT2D eigenvalue weighted by atomic mass is 16.5. The van der Waals surface area contributed by atoms with E-state index in [1.165, 1.54) is 15.5 Å². The normalized spacial score (nSPS) is 15.0. The monoisotopic (exact) mass is 825 g/mol. The third-order valence-electron chi connectivity index (χ3n) is 10.5. The number of rotatable bonds is 16. The Bertz CT molecular complexity index is 2420. The number of nitrogens with zero attached hydrogens (tertiary/aromatic N) is 6. The Labute approximate surface area is 345 Å². The summed E-state index contributed by atoms with van der Waals surface area (Å²) in [6, 6.07) is 8.81. The summed E-state index contributed by atoms with van der Waals surface area (Å²) in [5.41, 5.74) is 2.15. The summed E-state index contributed by atoms with van der Waals surface area (Å²) in [7, 11) is 10.3. The zero-order valence-corrected chi connectivity index (χ0v) is 34.3. The van der Waals surface area contributed by atoms with Crippen LogP contribution in [0.4, 0.5) is 10.6 Å². The highest BCUT2D eigenvalue weighted by Crippen LogP contribution is 2.38. The average Bonchev–Trinajstić information content (AvgIpc) is 3.47. The fourth-order valence-electron chi connectivity index (χ4n) is 7.43. The van der Waals surface area contributed by atoms with Gasteiger partial charge in [0.25, 0.3) is 23.3 Å². The number of carboxylic acid groups (broad SMARTS) is 1. The molecule has 18 nitrogen and oxygen atoms in total. The summed E-state index contributed by atoms with van der Waals surface area (Å²) in [6.45, 7) is 0.272. The van der Waals surface area contributed by atoms with Crippen molar-refractivity contribution in [2.24, 2.45) is 7.05 Å². The summed E-state index contributed by atoms with van der Waals surface area (Å²) in [4.78, 5) is 99.0. The lowest BCUT2D eigenvalue weighted by Gasteiger charge is -2.27. The molecule has 0 saturated carbocycles. The van der Waals surface area contributed by atoms with Gasteiger partial charge in [0, 0.05) is 56.9 Å². The number of pyridine rings is 2. The van der Waals surface area contributed by atoms with Crippen LogP contribution in [0, 0.1) is 0 Å². The Kier molecular flexibility index (Phi) is 12.8. The van der Waals surface area contributed by atoms with Gasteiger partial charge in [0.15, 0.2) is 0 Å². The number of aryl methyl sites for hydroxylation is 1. The number of imide groups is 3. The SMILES string of the molecule is COc1cc(-c2cn(C)c(=O)c3cc(N(C)CC(=O)N(CCCCCOc4cccc5c4C(=O)N(C4CCC(=O)NC4=O)C5=O)C(=O)O)ncc23)cc(OC)c1CN(C)C. The van der Waals surface area contributed by atoms with E-state index in [0.717, 1.165) is 20.9 Å². The highest BCUT2D eigenvalue weighted by molar-refractivity contribution is 6.24. The molecule has 6 amide bonds. The third-order valence-corrected chi connectivity index (χ3v) is 10.5. The number of hydrogen-bond donors (Lipinski definition) is 2. The van der Waals surface area contributed by atoms with Crippen molar-refractivity contribution < 1.29 is 48.1 Å². The fraction of sp³-hybridized carbons (Fsp3) is 0.381. The van der Waals surface area contributed by atoms with Crippen molar-refractivity contribution in [1.29, 1.82) is 0 Å². The van der Waals surface area contributed by atoms with Gasteiger partial charge in [0.2, 0.25) is 11.8 Å². The second kappa shape index (κ2) is 18.0. The molecule has 1 fully saturated rings. The number of carbonyl (C=O) groups is 6. The van der Waals surface area contributed by atoms with Crippen LogP contribution in [0.25, 0.3) is 21.9 Å². The van der Waals surface area contributed by atoms with E-state index in [-0.39, 0.29) is 60.8 Å². The van der Waals surface area contributed by atoms with Crippen LogP contribution >= 0.6 is 0 Å². The number of carbonyl (C=O) groups excluding carboxylic acids is 5. The van der Waals surface area contributed by atoms with Gasteiger partial charge in [-0.2, -0.15) is 0 Å². The lowest BCUT2D eigenvalue weighted by molar-refractivity contribution is -0.136. The number of benzene rings is 2. The Hall–Kier alpha value is -6.82. The molecule has 316 valence electrons. The van der Waals surface area contributed by atoms with E-state index in [1.54, 1.807) is 58.9 Å². The molecular weight excluding hydrogens is 778 g/mol. The molecule has 4 aromatic rings. The molecule has 1 atom stereocenters. The minimum Gasteiger partial charge on any atom is -0.496 e. The summed E-state index contributed by atoms with van der Waals surface area (Å²) < 4.78 is 18.8. The Morgan fingerprint density at radius 3 is 2.28 bits per heavy atom. The van der Waals surface area contributed by atoms with Crippen LogP contribution in [0.1, 0.15) is 58.4 Å². The molecule has 0 bridgehead atoms. The van der Waals surface area contributed by atoms with Crippen molar-refractivity contribution in [3.05, 3.63) is 75.8 Å². The number of nitrogens with one attached hydrogen (secondary N) is 1. The van der Waals surface area contributed by atoms with E-state index in [0.29, 0.717) is 53.6 Å². The number of fused-ring (bicyclic) bond motifs is 2. The first-order chi connectivity index (χ1) is 28.6. The van der Waals surface area contributed by atoms with E-state index in [2.05, 4.69) is 10.3 Å². The maximum Gasteiger partial charge on any atom is 0.414 e. The van der Waals surface area contributed by atoms with Crippen molar-refractivity contribution >= 4 is 52.2 Å². The summed E-state index contributed by atoms with van der Waals surface area (Å²) in [5, 5.41) is 13.0. The molecule has 2 aliphatic heterocycles. The van der Waals surface area contributed by atoms with Gasteiger partial charge in [0.05, 0.1) is 49.4 Å². The number of ether oxygens (including phenoxy) is 3. The number of aromatic nitrogens is 2. The van der Waals surface area contributed by atoms with Crippen molar-refractivity contribution in [3.8, 4) is 28.4 Å². The molecule has 60 heavy (non-hydrogen) atoms. The van der Waals surface area contributed by atoms with Crippen molar-refractivity contribution in [3.63, 3.8) is 0 Å². The summed E-state index contributed by atoms with van der Waals surface area (Å²) >= 11 is 0. The van der Waals surface area contributed by atoms with Gasteiger partial charge in [-0.15, -0.1) is 0 Å². The standard InChI is InChI=1S/C42H47N7O11/c1-45(2)21-29-32(58-5)17-24(18-33(29)59-6)28-22-47(4)39(53)26-19-34(43-20-27(26)28)46(3)23-36(51)48(42(56)57)15-8-7-9-16-60-31-12-10-11-25-37(31)41(55)49(40(25)54)30-13-14-35(50)44-38(30)52/h10-12,17-20,22,30H,7-9,13-16,21,23H2,1-6H3,(H,56,57)(H,44,50,52). The Balaban J connectivity index is 1.07. The van der Waals surface area contributed by atoms with Gasteiger partial charge in [-0.3, -0.25) is 39.0 Å². The average molecular weight is 826 g/mol. The van der Waals surface area contributed by atoms with Crippen LogP contribution < -0.4 is 30.0 Å². The predicted octanol–water partition coefficient (Wildman–Crippen LogP) is 3.27.